The maximum absolute atomic E-state index is 6.07. The summed E-state index contributed by atoms with van der Waals surface area (Å²) in [6.45, 7) is 0. The van der Waals surface area contributed by atoms with Gasteiger partial charge in [-0.2, -0.15) is 11.3 Å². The minimum absolute atomic E-state index is 0.0301. The molecule has 0 aliphatic carbocycles. The van der Waals surface area contributed by atoms with E-state index in [1.54, 1.807) is 22.7 Å². The van der Waals surface area contributed by atoms with Crippen LogP contribution in [0.5, 0.6) is 0 Å². The topological polar surface area (TPSA) is 26.0 Å². The lowest BCUT2D eigenvalue weighted by Gasteiger charge is -2.05. The normalized spacial score (nSPS) is 13.1. The van der Waals surface area contributed by atoms with Crippen molar-refractivity contribution in [1.82, 2.24) is 0 Å². The van der Waals surface area contributed by atoms with Crippen molar-refractivity contribution >= 4 is 38.6 Å². The Kier molecular flexibility index (Phi) is 2.83. The summed E-state index contributed by atoms with van der Waals surface area (Å²) in [5, 5.41) is 6.21. The predicted molar refractivity (Wildman–Crippen MR) is 62.4 cm³/mol. The van der Waals surface area contributed by atoms with Crippen LogP contribution in [0.1, 0.15) is 16.5 Å². The minimum atomic E-state index is 0.0301. The van der Waals surface area contributed by atoms with Crippen LogP contribution in [-0.2, 0) is 0 Å². The second-order valence-corrected chi connectivity index (χ2v) is 5.34. The highest BCUT2D eigenvalue weighted by Crippen LogP contribution is 2.29. The number of nitrogens with two attached hydrogens (primary N) is 1. The second-order valence-electron chi connectivity index (χ2n) is 2.70. The van der Waals surface area contributed by atoms with Gasteiger partial charge in [-0.05, 0) is 44.4 Å². The average Bonchev–Trinajstić information content (AvgIpc) is 2.72. The highest BCUT2D eigenvalue weighted by atomic mass is 79.9. The largest absolute Gasteiger partial charge is 0.320 e. The summed E-state index contributed by atoms with van der Waals surface area (Å²) < 4.78 is 1.11. The summed E-state index contributed by atoms with van der Waals surface area (Å²) in [5.41, 5.74) is 7.26. The Hall–Kier alpha value is -0.160. The average molecular weight is 274 g/mol. The minimum Gasteiger partial charge on any atom is -0.320 e. The smallest absolute Gasteiger partial charge is 0.0654 e. The molecule has 1 atom stereocenters. The van der Waals surface area contributed by atoms with Gasteiger partial charge in [0.1, 0.15) is 0 Å². The molecule has 0 amide bonds. The zero-order valence-electron chi connectivity index (χ0n) is 6.74. The summed E-state index contributed by atoms with van der Waals surface area (Å²) in [6.07, 6.45) is 0. The molecule has 0 bridgehead atoms. The van der Waals surface area contributed by atoms with E-state index >= 15 is 0 Å². The van der Waals surface area contributed by atoms with Crippen molar-refractivity contribution in [3.63, 3.8) is 0 Å². The number of thiophene rings is 2. The van der Waals surface area contributed by atoms with Crippen molar-refractivity contribution in [3.8, 4) is 0 Å². The molecule has 0 fully saturated rings. The number of hydrogen-bond acceptors (Lipinski definition) is 3. The third kappa shape index (κ3) is 2.02. The fourth-order valence-electron chi connectivity index (χ4n) is 1.11. The Balaban J connectivity index is 2.28. The molecule has 0 unspecified atom stereocenters. The van der Waals surface area contributed by atoms with Gasteiger partial charge in [0.15, 0.2) is 0 Å². The summed E-state index contributed by atoms with van der Waals surface area (Å²) >= 11 is 6.79. The Morgan fingerprint density at radius 2 is 2.23 bits per heavy atom. The van der Waals surface area contributed by atoms with E-state index in [1.807, 2.05) is 0 Å². The summed E-state index contributed by atoms with van der Waals surface area (Å²) in [7, 11) is 0. The highest BCUT2D eigenvalue weighted by molar-refractivity contribution is 9.10. The molecule has 2 rings (SSSR count). The van der Waals surface area contributed by atoms with Gasteiger partial charge in [0.05, 0.1) is 6.04 Å². The second kappa shape index (κ2) is 3.92. The molecule has 2 heterocycles. The lowest BCUT2D eigenvalue weighted by Crippen LogP contribution is -2.08. The predicted octanol–water partition coefficient (Wildman–Crippen LogP) is 3.62. The van der Waals surface area contributed by atoms with Crippen LogP contribution in [0.4, 0.5) is 0 Å². The van der Waals surface area contributed by atoms with Gasteiger partial charge in [0.2, 0.25) is 0 Å². The lowest BCUT2D eigenvalue weighted by atomic mass is 10.1. The maximum Gasteiger partial charge on any atom is 0.0654 e. The van der Waals surface area contributed by atoms with E-state index < -0.39 is 0 Å². The zero-order chi connectivity index (χ0) is 9.26. The molecule has 13 heavy (non-hydrogen) atoms. The van der Waals surface area contributed by atoms with Gasteiger partial charge in [-0.25, -0.2) is 0 Å². The van der Waals surface area contributed by atoms with E-state index in [-0.39, 0.29) is 6.04 Å². The summed E-state index contributed by atoms with van der Waals surface area (Å²) in [6, 6.07) is 4.18. The van der Waals surface area contributed by atoms with E-state index in [4.69, 9.17) is 5.73 Å². The summed E-state index contributed by atoms with van der Waals surface area (Å²) in [5.74, 6) is 0. The first-order valence-electron chi connectivity index (χ1n) is 3.79. The van der Waals surface area contributed by atoms with E-state index in [1.165, 1.54) is 10.4 Å². The van der Waals surface area contributed by atoms with Crippen molar-refractivity contribution in [1.29, 1.82) is 0 Å². The molecule has 2 aromatic heterocycles. The van der Waals surface area contributed by atoms with E-state index in [9.17, 15) is 0 Å². The van der Waals surface area contributed by atoms with Gasteiger partial charge >= 0.3 is 0 Å². The Bertz CT molecular complexity index is 380. The van der Waals surface area contributed by atoms with Crippen LogP contribution in [0.25, 0.3) is 0 Å². The fraction of sp³-hybridized carbons (Fsp3) is 0.111. The quantitative estimate of drug-likeness (QED) is 0.889. The van der Waals surface area contributed by atoms with Crippen molar-refractivity contribution < 1.29 is 0 Å². The molecular weight excluding hydrogens is 266 g/mol. The number of halogens is 1. The SMILES string of the molecule is N[C@H](c1ccsc1)c1cc(Br)cs1. The van der Waals surface area contributed by atoms with Crippen LogP contribution in [0, 0.1) is 0 Å². The van der Waals surface area contributed by atoms with Gasteiger partial charge in [-0.15, -0.1) is 11.3 Å². The lowest BCUT2D eigenvalue weighted by molar-refractivity contribution is 0.899. The molecule has 0 aliphatic rings. The van der Waals surface area contributed by atoms with Crippen molar-refractivity contribution in [2.24, 2.45) is 5.73 Å². The van der Waals surface area contributed by atoms with Crippen molar-refractivity contribution in [3.05, 3.63) is 43.2 Å². The number of rotatable bonds is 2. The van der Waals surface area contributed by atoms with E-state index in [2.05, 4.69) is 44.2 Å². The van der Waals surface area contributed by atoms with Crippen LogP contribution >= 0.6 is 38.6 Å². The summed E-state index contributed by atoms with van der Waals surface area (Å²) in [4.78, 5) is 1.20. The Labute approximate surface area is 93.3 Å². The van der Waals surface area contributed by atoms with Crippen LogP contribution in [0.2, 0.25) is 0 Å². The van der Waals surface area contributed by atoms with E-state index in [0.717, 1.165) is 4.47 Å². The molecule has 0 radical (unpaired) electrons. The van der Waals surface area contributed by atoms with Crippen LogP contribution in [0.15, 0.2) is 32.7 Å². The van der Waals surface area contributed by atoms with Crippen LogP contribution < -0.4 is 5.73 Å². The first-order valence-corrected chi connectivity index (χ1v) is 6.40. The first-order chi connectivity index (χ1) is 6.27. The zero-order valence-corrected chi connectivity index (χ0v) is 9.95. The van der Waals surface area contributed by atoms with Gasteiger partial charge in [0.25, 0.3) is 0 Å². The molecule has 68 valence electrons. The van der Waals surface area contributed by atoms with Crippen LogP contribution in [0.3, 0.4) is 0 Å². The van der Waals surface area contributed by atoms with Crippen molar-refractivity contribution in [2.75, 3.05) is 0 Å². The fourth-order valence-corrected chi connectivity index (χ4v) is 3.28. The van der Waals surface area contributed by atoms with Gasteiger partial charge < -0.3 is 5.73 Å². The third-order valence-electron chi connectivity index (χ3n) is 1.80. The Morgan fingerprint density at radius 3 is 2.77 bits per heavy atom. The van der Waals surface area contributed by atoms with Gasteiger partial charge in [-0.3, -0.25) is 0 Å². The molecular formula is C9H8BrNS2. The Morgan fingerprint density at radius 1 is 1.38 bits per heavy atom. The van der Waals surface area contributed by atoms with Crippen molar-refractivity contribution in [2.45, 2.75) is 6.04 Å². The molecule has 4 heteroatoms. The molecule has 1 nitrogen and oxygen atoms in total. The standard InChI is InChI=1S/C9H8BrNS2/c10-7-3-8(13-5-7)9(11)6-1-2-12-4-6/h1-5,9H,11H2/t9-/m1/s1. The molecule has 0 saturated carbocycles. The first kappa shape index (κ1) is 9.40. The monoisotopic (exact) mass is 273 g/mol. The van der Waals surface area contributed by atoms with Gasteiger partial charge in [-0.1, -0.05) is 0 Å². The molecule has 0 spiro atoms. The number of hydrogen-bond donors (Lipinski definition) is 1. The molecule has 0 aromatic carbocycles. The molecule has 2 aromatic rings. The third-order valence-corrected chi connectivity index (χ3v) is 4.27. The van der Waals surface area contributed by atoms with Gasteiger partial charge in [0, 0.05) is 14.7 Å². The van der Waals surface area contributed by atoms with Crippen LogP contribution in [-0.4, -0.2) is 0 Å². The molecule has 0 aliphatic heterocycles. The maximum atomic E-state index is 6.07. The highest BCUT2D eigenvalue weighted by Gasteiger charge is 2.10. The molecule has 0 saturated heterocycles. The molecule has 2 N–H and O–H groups in total. The van der Waals surface area contributed by atoms with E-state index in [0.29, 0.717) is 0 Å².